The SMILES string of the molecule is CC[C@H](Oc1cccc(C)c1C)C(=O)Nc1cccc(Br)c1. The van der Waals surface area contributed by atoms with E-state index in [1.54, 1.807) is 0 Å². The molecule has 1 atom stereocenters. The number of carbonyl (C=O) groups is 1. The molecule has 0 unspecified atom stereocenters. The van der Waals surface area contributed by atoms with E-state index in [0.717, 1.165) is 27.0 Å². The number of hydrogen-bond donors (Lipinski definition) is 1. The van der Waals surface area contributed by atoms with Crippen molar-refractivity contribution in [3.8, 4) is 5.75 Å². The van der Waals surface area contributed by atoms with Crippen molar-refractivity contribution in [2.45, 2.75) is 33.3 Å². The molecule has 0 aromatic heterocycles. The third-order valence-electron chi connectivity index (χ3n) is 3.58. The van der Waals surface area contributed by atoms with Gasteiger partial charge in [0.15, 0.2) is 6.10 Å². The van der Waals surface area contributed by atoms with Crippen LogP contribution in [0.5, 0.6) is 5.75 Å². The third-order valence-corrected chi connectivity index (χ3v) is 4.07. The fourth-order valence-corrected chi connectivity index (χ4v) is 2.52. The Balaban J connectivity index is 2.10. The standard InChI is InChI=1S/C18H20BrNO2/c1-4-16(22-17-10-5-7-12(2)13(17)3)18(21)20-15-9-6-8-14(19)11-15/h5-11,16H,4H2,1-3H3,(H,20,21)/t16-/m0/s1. The molecule has 0 aliphatic carbocycles. The van der Waals surface area contributed by atoms with E-state index < -0.39 is 6.10 Å². The minimum absolute atomic E-state index is 0.137. The number of hydrogen-bond acceptors (Lipinski definition) is 2. The Kier molecular flexibility index (Phi) is 5.61. The molecule has 0 radical (unpaired) electrons. The summed E-state index contributed by atoms with van der Waals surface area (Å²) < 4.78 is 6.84. The number of amides is 1. The number of nitrogens with one attached hydrogen (secondary N) is 1. The summed E-state index contributed by atoms with van der Waals surface area (Å²) in [6.07, 6.45) is 0.0900. The lowest BCUT2D eigenvalue weighted by atomic mass is 10.1. The van der Waals surface area contributed by atoms with Crippen molar-refractivity contribution in [2.24, 2.45) is 0 Å². The van der Waals surface area contributed by atoms with E-state index >= 15 is 0 Å². The lowest BCUT2D eigenvalue weighted by Gasteiger charge is -2.19. The predicted molar refractivity (Wildman–Crippen MR) is 93.4 cm³/mol. The summed E-state index contributed by atoms with van der Waals surface area (Å²) in [5.74, 6) is 0.623. The summed E-state index contributed by atoms with van der Waals surface area (Å²) in [5.41, 5.74) is 2.97. The van der Waals surface area contributed by atoms with Crippen LogP contribution in [0.25, 0.3) is 0 Å². The smallest absolute Gasteiger partial charge is 0.265 e. The zero-order chi connectivity index (χ0) is 16.1. The Morgan fingerprint density at radius 1 is 1.23 bits per heavy atom. The highest BCUT2D eigenvalue weighted by Gasteiger charge is 2.19. The van der Waals surface area contributed by atoms with E-state index in [0.29, 0.717) is 6.42 Å². The van der Waals surface area contributed by atoms with Crippen molar-refractivity contribution in [1.82, 2.24) is 0 Å². The molecule has 0 aliphatic heterocycles. The van der Waals surface area contributed by atoms with Gasteiger partial charge in [0.25, 0.3) is 5.91 Å². The maximum absolute atomic E-state index is 12.4. The highest BCUT2D eigenvalue weighted by molar-refractivity contribution is 9.10. The van der Waals surface area contributed by atoms with E-state index in [1.807, 2.05) is 63.2 Å². The molecule has 0 spiro atoms. The summed E-state index contributed by atoms with van der Waals surface area (Å²) >= 11 is 3.39. The molecule has 0 saturated heterocycles. The molecule has 2 aromatic carbocycles. The summed E-state index contributed by atoms with van der Waals surface area (Å²) in [5, 5.41) is 2.89. The van der Waals surface area contributed by atoms with Gasteiger partial charge in [-0.15, -0.1) is 0 Å². The van der Waals surface area contributed by atoms with Gasteiger partial charge in [-0.25, -0.2) is 0 Å². The van der Waals surface area contributed by atoms with Crippen LogP contribution in [0, 0.1) is 13.8 Å². The van der Waals surface area contributed by atoms with E-state index in [2.05, 4.69) is 21.2 Å². The first-order valence-corrected chi connectivity index (χ1v) is 8.10. The Morgan fingerprint density at radius 3 is 2.64 bits per heavy atom. The Labute approximate surface area is 139 Å². The molecule has 2 aromatic rings. The number of halogens is 1. The molecule has 0 saturated carbocycles. The lowest BCUT2D eigenvalue weighted by Crippen LogP contribution is -2.32. The van der Waals surface area contributed by atoms with Gasteiger partial charge in [-0.3, -0.25) is 4.79 Å². The van der Waals surface area contributed by atoms with E-state index in [-0.39, 0.29) is 5.91 Å². The van der Waals surface area contributed by atoms with Crippen LogP contribution in [0.3, 0.4) is 0 Å². The van der Waals surface area contributed by atoms with Gasteiger partial charge in [0.2, 0.25) is 0 Å². The fraction of sp³-hybridized carbons (Fsp3) is 0.278. The van der Waals surface area contributed by atoms with Crippen molar-refractivity contribution < 1.29 is 9.53 Å². The molecule has 0 fully saturated rings. The van der Waals surface area contributed by atoms with Crippen LogP contribution in [0.15, 0.2) is 46.9 Å². The van der Waals surface area contributed by atoms with Gasteiger partial charge in [0, 0.05) is 10.2 Å². The average molecular weight is 362 g/mol. The number of rotatable bonds is 5. The number of ether oxygens (including phenoxy) is 1. The van der Waals surface area contributed by atoms with Gasteiger partial charge in [-0.05, 0) is 55.7 Å². The van der Waals surface area contributed by atoms with Crippen LogP contribution >= 0.6 is 15.9 Å². The van der Waals surface area contributed by atoms with Crippen LogP contribution in [0.2, 0.25) is 0 Å². The second-order valence-electron chi connectivity index (χ2n) is 5.21. The Hall–Kier alpha value is -1.81. The molecule has 116 valence electrons. The lowest BCUT2D eigenvalue weighted by molar-refractivity contribution is -0.122. The van der Waals surface area contributed by atoms with Gasteiger partial charge in [0.1, 0.15) is 5.75 Å². The molecule has 4 heteroatoms. The van der Waals surface area contributed by atoms with E-state index in [9.17, 15) is 4.79 Å². The first-order chi connectivity index (χ1) is 10.5. The highest BCUT2D eigenvalue weighted by Crippen LogP contribution is 2.23. The molecule has 22 heavy (non-hydrogen) atoms. The zero-order valence-corrected chi connectivity index (χ0v) is 14.6. The van der Waals surface area contributed by atoms with Crippen LogP contribution < -0.4 is 10.1 Å². The Morgan fingerprint density at radius 2 is 1.95 bits per heavy atom. The predicted octanol–water partition coefficient (Wildman–Crippen LogP) is 4.86. The largest absolute Gasteiger partial charge is 0.480 e. The van der Waals surface area contributed by atoms with Crippen LogP contribution in [0.1, 0.15) is 24.5 Å². The van der Waals surface area contributed by atoms with Crippen LogP contribution in [-0.2, 0) is 4.79 Å². The number of benzene rings is 2. The van der Waals surface area contributed by atoms with E-state index in [1.165, 1.54) is 0 Å². The summed E-state index contributed by atoms with van der Waals surface area (Å²) in [6.45, 7) is 5.98. The minimum atomic E-state index is -0.514. The second kappa shape index (κ2) is 7.45. The molecule has 3 nitrogen and oxygen atoms in total. The molecular formula is C18H20BrNO2. The maximum atomic E-state index is 12.4. The summed E-state index contributed by atoms with van der Waals surface area (Å²) in [7, 11) is 0. The number of carbonyl (C=O) groups excluding carboxylic acids is 1. The first-order valence-electron chi connectivity index (χ1n) is 7.30. The minimum Gasteiger partial charge on any atom is -0.480 e. The van der Waals surface area contributed by atoms with Gasteiger partial charge >= 0.3 is 0 Å². The topological polar surface area (TPSA) is 38.3 Å². The molecular weight excluding hydrogens is 342 g/mol. The summed E-state index contributed by atoms with van der Waals surface area (Å²) in [4.78, 5) is 12.4. The van der Waals surface area contributed by atoms with Crippen molar-refractivity contribution in [2.75, 3.05) is 5.32 Å². The maximum Gasteiger partial charge on any atom is 0.265 e. The second-order valence-corrected chi connectivity index (χ2v) is 6.13. The summed E-state index contributed by atoms with van der Waals surface area (Å²) in [6, 6.07) is 13.4. The van der Waals surface area contributed by atoms with Crippen molar-refractivity contribution in [3.63, 3.8) is 0 Å². The molecule has 0 bridgehead atoms. The normalized spacial score (nSPS) is 11.8. The van der Waals surface area contributed by atoms with Gasteiger partial charge in [-0.2, -0.15) is 0 Å². The third kappa shape index (κ3) is 4.10. The van der Waals surface area contributed by atoms with E-state index in [4.69, 9.17) is 4.74 Å². The van der Waals surface area contributed by atoms with Crippen molar-refractivity contribution in [1.29, 1.82) is 0 Å². The Bertz CT molecular complexity index is 670. The monoisotopic (exact) mass is 361 g/mol. The quantitative estimate of drug-likeness (QED) is 0.825. The van der Waals surface area contributed by atoms with Crippen LogP contribution in [-0.4, -0.2) is 12.0 Å². The molecule has 2 rings (SSSR count). The van der Waals surface area contributed by atoms with Crippen LogP contribution in [0.4, 0.5) is 5.69 Å². The van der Waals surface area contributed by atoms with Gasteiger partial charge < -0.3 is 10.1 Å². The fourth-order valence-electron chi connectivity index (χ4n) is 2.12. The number of aryl methyl sites for hydroxylation is 1. The van der Waals surface area contributed by atoms with Crippen molar-refractivity contribution >= 4 is 27.5 Å². The molecule has 0 heterocycles. The average Bonchev–Trinajstić information content (AvgIpc) is 2.48. The van der Waals surface area contributed by atoms with Crippen molar-refractivity contribution in [3.05, 3.63) is 58.1 Å². The molecule has 1 N–H and O–H groups in total. The molecule has 1 amide bonds. The van der Waals surface area contributed by atoms with Gasteiger partial charge in [-0.1, -0.05) is 41.1 Å². The highest BCUT2D eigenvalue weighted by atomic mass is 79.9. The van der Waals surface area contributed by atoms with Gasteiger partial charge in [0.05, 0.1) is 0 Å². The first kappa shape index (κ1) is 16.6. The zero-order valence-electron chi connectivity index (χ0n) is 13.0. The molecule has 0 aliphatic rings. The number of anilines is 1.